The first kappa shape index (κ1) is 22.0. The predicted molar refractivity (Wildman–Crippen MR) is 114 cm³/mol. The lowest BCUT2D eigenvalue weighted by molar-refractivity contribution is -0.122. The fourth-order valence-corrected chi connectivity index (χ4v) is 2.63. The van der Waals surface area contributed by atoms with E-state index in [1.807, 2.05) is 31.2 Å². The molecule has 1 saturated carbocycles. The summed E-state index contributed by atoms with van der Waals surface area (Å²) < 4.78 is 5.76. The molecule has 0 saturated heterocycles. The molecule has 1 aromatic carbocycles. The Morgan fingerprint density at radius 2 is 1.86 bits per heavy atom. The number of aliphatic imine (C=N–C) groups is 1. The Morgan fingerprint density at radius 3 is 2.50 bits per heavy atom. The third-order valence-corrected chi connectivity index (χ3v) is 4.37. The van der Waals surface area contributed by atoms with E-state index in [2.05, 4.69) is 39.9 Å². The van der Waals surface area contributed by atoms with Gasteiger partial charge in [-0.25, -0.2) is 4.99 Å². The van der Waals surface area contributed by atoms with Crippen LogP contribution in [0.2, 0.25) is 0 Å². The van der Waals surface area contributed by atoms with E-state index >= 15 is 0 Å². The summed E-state index contributed by atoms with van der Waals surface area (Å²) in [6, 6.07) is 8.08. The van der Waals surface area contributed by atoms with E-state index in [-0.39, 0.29) is 11.8 Å². The van der Waals surface area contributed by atoms with E-state index in [0.717, 1.165) is 56.2 Å². The smallest absolute Gasteiger partial charge is 0.223 e. The number of nitrogens with zero attached hydrogens (tertiary/aromatic N) is 2. The van der Waals surface area contributed by atoms with Gasteiger partial charge in [0.05, 0.1) is 13.2 Å². The molecule has 1 aliphatic rings. The molecule has 1 amide bonds. The molecule has 7 heteroatoms. The van der Waals surface area contributed by atoms with Gasteiger partial charge in [0.15, 0.2) is 5.96 Å². The first-order valence-electron chi connectivity index (χ1n) is 10.2. The van der Waals surface area contributed by atoms with Crippen LogP contribution in [0.3, 0.4) is 0 Å². The van der Waals surface area contributed by atoms with Gasteiger partial charge in [-0.3, -0.25) is 4.79 Å². The minimum atomic E-state index is 0.174. The topological polar surface area (TPSA) is 78.0 Å². The van der Waals surface area contributed by atoms with Crippen molar-refractivity contribution in [3.8, 4) is 5.75 Å². The van der Waals surface area contributed by atoms with Gasteiger partial charge in [-0.15, -0.1) is 0 Å². The monoisotopic (exact) mass is 389 g/mol. The van der Waals surface area contributed by atoms with Gasteiger partial charge in [0.25, 0.3) is 0 Å². The number of carbonyl (C=O) groups is 1. The lowest BCUT2D eigenvalue weighted by atomic mass is 10.2. The Hall–Kier alpha value is -2.28. The lowest BCUT2D eigenvalue weighted by Gasteiger charge is -2.12. The van der Waals surface area contributed by atoms with Gasteiger partial charge in [-0.2, -0.15) is 0 Å². The number of ether oxygens (including phenoxy) is 1. The quantitative estimate of drug-likeness (QED) is 0.288. The summed E-state index contributed by atoms with van der Waals surface area (Å²) in [5.74, 6) is 2.07. The first-order chi connectivity index (χ1) is 13.6. The molecule has 28 heavy (non-hydrogen) atoms. The molecule has 0 aromatic heterocycles. The van der Waals surface area contributed by atoms with Crippen molar-refractivity contribution in [2.75, 3.05) is 46.9 Å². The molecule has 0 heterocycles. The number of carbonyl (C=O) groups excluding carboxylic acids is 1. The zero-order valence-corrected chi connectivity index (χ0v) is 17.5. The molecule has 1 aliphatic carbocycles. The van der Waals surface area contributed by atoms with Gasteiger partial charge in [0, 0.05) is 32.1 Å². The Morgan fingerprint density at radius 1 is 1.14 bits per heavy atom. The van der Waals surface area contributed by atoms with E-state index in [1.54, 1.807) is 0 Å². The summed E-state index contributed by atoms with van der Waals surface area (Å²) in [6.45, 7) is 6.43. The van der Waals surface area contributed by atoms with E-state index in [0.29, 0.717) is 19.6 Å². The van der Waals surface area contributed by atoms with Crippen LogP contribution < -0.4 is 20.7 Å². The number of benzene rings is 1. The summed E-state index contributed by atoms with van der Waals surface area (Å²) >= 11 is 0. The third-order valence-electron chi connectivity index (χ3n) is 4.37. The van der Waals surface area contributed by atoms with Crippen molar-refractivity contribution < 1.29 is 9.53 Å². The number of hydrogen-bond acceptors (Lipinski definition) is 4. The highest BCUT2D eigenvalue weighted by Gasteiger charge is 2.28. The average molecular weight is 390 g/mol. The van der Waals surface area contributed by atoms with Crippen molar-refractivity contribution in [1.82, 2.24) is 20.9 Å². The molecule has 0 aliphatic heterocycles. The Bertz CT molecular complexity index is 612. The maximum Gasteiger partial charge on any atom is 0.223 e. The largest absolute Gasteiger partial charge is 0.494 e. The lowest BCUT2D eigenvalue weighted by Crippen LogP contribution is -2.41. The zero-order chi connectivity index (χ0) is 20.2. The number of hydrogen-bond donors (Lipinski definition) is 3. The van der Waals surface area contributed by atoms with E-state index in [1.165, 1.54) is 0 Å². The van der Waals surface area contributed by atoms with Gasteiger partial charge in [-0.1, -0.05) is 12.1 Å². The summed E-state index contributed by atoms with van der Waals surface area (Å²) in [4.78, 5) is 18.4. The number of rotatable bonds is 12. The highest BCUT2D eigenvalue weighted by atomic mass is 16.5. The van der Waals surface area contributed by atoms with E-state index in [9.17, 15) is 4.79 Å². The van der Waals surface area contributed by atoms with Crippen LogP contribution in [0.5, 0.6) is 5.75 Å². The minimum absolute atomic E-state index is 0.174. The molecule has 0 bridgehead atoms. The Labute approximate surface area is 168 Å². The highest BCUT2D eigenvalue weighted by molar-refractivity contribution is 5.81. The van der Waals surface area contributed by atoms with Crippen molar-refractivity contribution in [3.05, 3.63) is 29.8 Å². The van der Waals surface area contributed by atoms with Gasteiger partial charge in [-0.05, 0) is 58.0 Å². The second-order valence-electron chi connectivity index (χ2n) is 7.34. The molecule has 156 valence electrons. The van der Waals surface area contributed by atoms with Crippen molar-refractivity contribution in [3.63, 3.8) is 0 Å². The second kappa shape index (κ2) is 12.2. The maximum absolute atomic E-state index is 11.6. The normalized spacial score (nSPS) is 14.1. The first-order valence-corrected chi connectivity index (χ1v) is 10.2. The zero-order valence-electron chi connectivity index (χ0n) is 17.5. The summed E-state index contributed by atoms with van der Waals surface area (Å²) in [6.07, 6.45) is 3.07. The van der Waals surface area contributed by atoms with Crippen LogP contribution in [-0.4, -0.2) is 63.6 Å². The standard InChI is InChI=1S/C21H35N5O2/c1-4-22-21(24-13-12-23-20(27)18-8-9-18)25-16-17-6-10-19(11-7-17)28-15-5-14-26(2)3/h6-7,10-11,18H,4-5,8-9,12-16H2,1-3H3,(H,23,27)(H2,22,24,25). The number of nitrogens with one attached hydrogen (secondary N) is 3. The molecule has 0 unspecified atom stereocenters. The van der Waals surface area contributed by atoms with Crippen molar-refractivity contribution in [2.45, 2.75) is 32.7 Å². The summed E-state index contributed by atoms with van der Waals surface area (Å²) in [5, 5.41) is 9.43. The van der Waals surface area contributed by atoms with Gasteiger partial charge >= 0.3 is 0 Å². The van der Waals surface area contributed by atoms with Crippen LogP contribution in [-0.2, 0) is 11.3 Å². The van der Waals surface area contributed by atoms with Gasteiger partial charge < -0.3 is 25.6 Å². The molecule has 7 nitrogen and oxygen atoms in total. The van der Waals surface area contributed by atoms with Gasteiger partial charge in [0.1, 0.15) is 5.75 Å². The number of amides is 1. The van der Waals surface area contributed by atoms with Crippen molar-refractivity contribution in [1.29, 1.82) is 0 Å². The molecule has 2 rings (SSSR count). The van der Waals surface area contributed by atoms with E-state index in [4.69, 9.17) is 4.74 Å². The van der Waals surface area contributed by atoms with Crippen LogP contribution in [0.1, 0.15) is 31.7 Å². The molecule has 3 N–H and O–H groups in total. The Balaban J connectivity index is 1.70. The highest BCUT2D eigenvalue weighted by Crippen LogP contribution is 2.28. The molecular weight excluding hydrogens is 354 g/mol. The van der Waals surface area contributed by atoms with Crippen molar-refractivity contribution >= 4 is 11.9 Å². The van der Waals surface area contributed by atoms with Gasteiger partial charge in [0.2, 0.25) is 5.91 Å². The predicted octanol–water partition coefficient (Wildman–Crippen LogP) is 1.60. The maximum atomic E-state index is 11.6. The van der Waals surface area contributed by atoms with Crippen molar-refractivity contribution in [2.24, 2.45) is 10.9 Å². The van der Waals surface area contributed by atoms with Crippen LogP contribution >= 0.6 is 0 Å². The second-order valence-corrected chi connectivity index (χ2v) is 7.34. The molecule has 0 atom stereocenters. The van der Waals surface area contributed by atoms with Crippen LogP contribution in [0.15, 0.2) is 29.3 Å². The summed E-state index contributed by atoms with van der Waals surface area (Å²) in [7, 11) is 4.13. The fourth-order valence-electron chi connectivity index (χ4n) is 2.63. The van der Waals surface area contributed by atoms with E-state index < -0.39 is 0 Å². The molecular formula is C21H35N5O2. The number of guanidine groups is 1. The molecule has 1 aromatic rings. The molecule has 0 spiro atoms. The van der Waals surface area contributed by atoms with Crippen LogP contribution in [0.25, 0.3) is 0 Å². The molecule has 1 fully saturated rings. The molecule has 0 radical (unpaired) electrons. The minimum Gasteiger partial charge on any atom is -0.494 e. The fraction of sp³-hybridized carbons (Fsp3) is 0.619. The third kappa shape index (κ3) is 9.08. The Kier molecular flexibility index (Phi) is 9.62. The summed E-state index contributed by atoms with van der Waals surface area (Å²) in [5.41, 5.74) is 1.12. The van der Waals surface area contributed by atoms with Crippen LogP contribution in [0.4, 0.5) is 0 Å². The van der Waals surface area contributed by atoms with Crippen LogP contribution in [0, 0.1) is 5.92 Å². The average Bonchev–Trinajstić information content (AvgIpc) is 3.52. The SMILES string of the molecule is CCNC(=NCc1ccc(OCCCN(C)C)cc1)NCCNC(=O)C1CC1.